The van der Waals surface area contributed by atoms with Crippen LogP contribution in [-0.4, -0.2) is 24.0 Å². The Morgan fingerprint density at radius 1 is 1.25 bits per heavy atom. The Bertz CT molecular complexity index is 667. The van der Waals surface area contributed by atoms with Crippen LogP contribution in [0.4, 0.5) is 0 Å². The van der Waals surface area contributed by atoms with Gasteiger partial charge in [-0.2, -0.15) is 0 Å². The van der Waals surface area contributed by atoms with Gasteiger partial charge in [0.15, 0.2) is 5.96 Å². The van der Waals surface area contributed by atoms with Gasteiger partial charge in [-0.25, -0.2) is 0 Å². The maximum absolute atomic E-state index is 4.45. The van der Waals surface area contributed by atoms with E-state index in [4.69, 9.17) is 0 Å². The highest BCUT2D eigenvalue weighted by Gasteiger charge is 2.10. The molecule has 3 rings (SSSR count). The molecule has 0 aliphatic carbocycles. The summed E-state index contributed by atoms with van der Waals surface area (Å²) in [4.78, 5) is 7.96. The Kier molecular flexibility index (Phi) is 3.38. The number of aryl methyl sites for hydroxylation is 3. The molecule has 0 bridgehead atoms. The van der Waals surface area contributed by atoms with Crippen LogP contribution in [0.25, 0.3) is 10.9 Å². The van der Waals surface area contributed by atoms with Crippen molar-refractivity contribution in [1.82, 2.24) is 15.6 Å². The van der Waals surface area contributed by atoms with E-state index in [2.05, 4.69) is 53.5 Å². The molecule has 0 radical (unpaired) electrons. The normalized spacial score (nSPS) is 15.1. The Hall–Kier alpha value is -1.97. The number of aromatic nitrogens is 1. The minimum Gasteiger partial charge on any atom is -0.358 e. The van der Waals surface area contributed by atoms with E-state index in [0.717, 1.165) is 32.0 Å². The van der Waals surface area contributed by atoms with Gasteiger partial charge in [0.1, 0.15) is 0 Å². The molecule has 0 saturated carbocycles. The summed E-state index contributed by atoms with van der Waals surface area (Å²) in [7, 11) is 0. The number of nitrogens with one attached hydrogen (secondary N) is 3. The summed E-state index contributed by atoms with van der Waals surface area (Å²) in [6, 6.07) is 4.50. The van der Waals surface area contributed by atoms with Crippen molar-refractivity contribution in [3.8, 4) is 0 Å². The fraction of sp³-hybridized carbons (Fsp3) is 0.438. The summed E-state index contributed by atoms with van der Waals surface area (Å²) >= 11 is 0. The molecule has 4 heteroatoms. The summed E-state index contributed by atoms with van der Waals surface area (Å²) in [5, 5.41) is 8.03. The van der Waals surface area contributed by atoms with E-state index in [-0.39, 0.29) is 0 Å². The summed E-state index contributed by atoms with van der Waals surface area (Å²) < 4.78 is 0. The first kappa shape index (κ1) is 13.0. The lowest BCUT2D eigenvalue weighted by atomic mass is 10.0. The molecule has 1 aromatic carbocycles. The van der Waals surface area contributed by atoms with Crippen molar-refractivity contribution < 1.29 is 0 Å². The molecular formula is C16H22N4. The van der Waals surface area contributed by atoms with Gasteiger partial charge in [0.2, 0.25) is 0 Å². The van der Waals surface area contributed by atoms with Gasteiger partial charge < -0.3 is 15.6 Å². The third-order valence-electron chi connectivity index (χ3n) is 3.99. The van der Waals surface area contributed by atoms with E-state index in [1.165, 1.54) is 33.3 Å². The maximum atomic E-state index is 4.45. The van der Waals surface area contributed by atoms with Crippen LogP contribution in [0, 0.1) is 20.8 Å². The van der Waals surface area contributed by atoms with Crippen LogP contribution in [0.5, 0.6) is 0 Å². The number of aromatic amines is 1. The molecule has 106 valence electrons. The first-order valence-electron chi connectivity index (χ1n) is 7.26. The molecule has 4 nitrogen and oxygen atoms in total. The molecule has 0 saturated heterocycles. The van der Waals surface area contributed by atoms with Gasteiger partial charge in [0.05, 0.1) is 5.52 Å². The Morgan fingerprint density at radius 2 is 2.10 bits per heavy atom. The van der Waals surface area contributed by atoms with Crippen LogP contribution < -0.4 is 10.6 Å². The van der Waals surface area contributed by atoms with E-state index in [1.807, 2.05) is 0 Å². The van der Waals surface area contributed by atoms with Crippen molar-refractivity contribution >= 4 is 16.9 Å². The highest BCUT2D eigenvalue weighted by molar-refractivity contribution is 5.88. The molecule has 0 fully saturated rings. The van der Waals surface area contributed by atoms with Crippen LogP contribution in [0.15, 0.2) is 17.1 Å². The lowest BCUT2D eigenvalue weighted by molar-refractivity contribution is 0.702. The number of H-pyrrole nitrogens is 1. The van der Waals surface area contributed by atoms with E-state index < -0.39 is 0 Å². The molecule has 1 aliphatic rings. The third-order valence-corrected chi connectivity index (χ3v) is 3.99. The molecule has 0 amide bonds. The zero-order valence-corrected chi connectivity index (χ0v) is 12.4. The average molecular weight is 270 g/mol. The summed E-state index contributed by atoms with van der Waals surface area (Å²) in [5.74, 6) is 0.922. The fourth-order valence-electron chi connectivity index (χ4n) is 2.76. The van der Waals surface area contributed by atoms with Crippen LogP contribution in [0.1, 0.15) is 28.8 Å². The summed E-state index contributed by atoms with van der Waals surface area (Å²) in [6.07, 6.45) is 1.12. The van der Waals surface area contributed by atoms with Gasteiger partial charge in [-0.15, -0.1) is 0 Å². The number of rotatable bonds is 2. The van der Waals surface area contributed by atoms with Crippen molar-refractivity contribution in [3.05, 3.63) is 34.5 Å². The molecule has 3 N–H and O–H groups in total. The van der Waals surface area contributed by atoms with Crippen LogP contribution in [0.2, 0.25) is 0 Å². The second kappa shape index (κ2) is 5.19. The van der Waals surface area contributed by atoms with E-state index in [0.29, 0.717) is 0 Å². The molecule has 20 heavy (non-hydrogen) atoms. The van der Waals surface area contributed by atoms with Crippen LogP contribution >= 0.6 is 0 Å². The first-order chi connectivity index (χ1) is 9.65. The Morgan fingerprint density at radius 3 is 2.85 bits per heavy atom. The predicted molar refractivity (Wildman–Crippen MR) is 84.3 cm³/mol. The number of aliphatic imine (C=N–C) groups is 1. The summed E-state index contributed by atoms with van der Waals surface area (Å²) in [6.45, 7) is 9.19. The van der Waals surface area contributed by atoms with Gasteiger partial charge in [0, 0.05) is 30.7 Å². The largest absolute Gasteiger partial charge is 0.358 e. The van der Waals surface area contributed by atoms with Crippen LogP contribution in [-0.2, 0) is 6.54 Å². The highest BCUT2D eigenvalue weighted by atomic mass is 15.2. The van der Waals surface area contributed by atoms with Gasteiger partial charge in [0.25, 0.3) is 0 Å². The SMILES string of the molecule is Cc1cc(CNC2=NCCCN2)c2[nH]c(C)c(C)c2c1. The number of hydrogen-bond acceptors (Lipinski definition) is 3. The van der Waals surface area contributed by atoms with Crippen molar-refractivity contribution in [2.45, 2.75) is 33.7 Å². The number of benzene rings is 1. The van der Waals surface area contributed by atoms with Crippen molar-refractivity contribution in [3.63, 3.8) is 0 Å². The lowest BCUT2D eigenvalue weighted by Gasteiger charge is -2.16. The fourth-order valence-corrected chi connectivity index (χ4v) is 2.76. The van der Waals surface area contributed by atoms with Gasteiger partial charge in [-0.1, -0.05) is 11.6 Å². The Labute approximate surface area is 119 Å². The molecule has 0 spiro atoms. The van der Waals surface area contributed by atoms with Gasteiger partial charge in [-0.3, -0.25) is 4.99 Å². The zero-order chi connectivity index (χ0) is 14.1. The van der Waals surface area contributed by atoms with Gasteiger partial charge in [-0.05, 0) is 44.4 Å². The Balaban J connectivity index is 1.90. The molecular weight excluding hydrogens is 248 g/mol. The molecule has 2 aromatic rings. The number of guanidine groups is 1. The topological polar surface area (TPSA) is 52.2 Å². The van der Waals surface area contributed by atoms with E-state index >= 15 is 0 Å². The minimum atomic E-state index is 0.795. The maximum Gasteiger partial charge on any atom is 0.191 e. The van der Waals surface area contributed by atoms with E-state index in [9.17, 15) is 0 Å². The van der Waals surface area contributed by atoms with Crippen molar-refractivity contribution in [1.29, 1.82) is 0 Å². The average Bonchev–Trinajstić information content (AvgIpc) is 2.74. The molecule has 1 aromatic heterocycles. The van der Waals surface area contributed by atoms with E-state index in [1.54, 1.807) is 0 Å². The molecule has 1 aliphatic heterocycles. The molecule has 2 heterocycles. The van der Waals surface area contributed by atoms with Crippen molar-refractivity contribution in [2.24, 2.45) is 4.99 Å². The highest BCUT2D eigenvalue weighted by Crippen LogP contribution is 2.25. The summed E-state index contributed by atoms with van der Waals surface area (Å²) in [5.41, 5.74) is 6.44. The number of nitrogens with zero attached hydrogens (tertiary/aromatic N) is 1. The quantitative estimate of drug-likeness (QED) is 0.785. The zero-order valence-electron chi connectivity index (χ0n) is 12.4. The minimum absolute atomic E-state index is 0.795. The monoisotopic (exact) mass is 270 g/mol. The number of hydrogen-bond donors (Lipinski definition) is 3. The third kappa shape index (κ3) is 2.38. The smallest absolute Gasteiger partial charge is 0.191 e. The van der Waals surface area contributed by atoms with Crippen molar-refractivity contribution in [2.75, 3.05) is 13.1 Å². The van der Waals surface area contributed by atoms with Gasteiger partial charge >= 0.3 is 0 Å². The lowest BCUT2D eigenvalue weighted by Crippen LogP contribution is -2.40. The van der Waals surface area contributed by atoms with Crippen LogP contribution in [0.3, 0.4) is 0 Å². The molecule has 0 atom stereocenters. The predicted octanol–water partition coefficient (Wildman–Crippen LogP) is 2.53. The first-order valence-corrected chi connectivity index (χ1v) is 7.26. The molecule has 0 unspecified atom stereocenters. The second-order valence-corrected chi connectivity index (χ2v) is 5.59. The second-order valence-electron chi connectivity index (χ2n) is 5.59. The number of fused-ring (bicyclic) bond motifs is 1. The standard InChI is InChI=1S/C16H22N4/c1-10-7-13(9-19-16-17-5-4-6-18-16)15-14(8-10)11(2)12(3)20-15/h7-8,20H,4-6,9H2,1-3H3,(H2,17,18,19).